The number of carboxylic acid groups (broad SMARTS) is 5. The van der Waals surface area contributed by atoms with Gasteiger partial charge in [0, 0.05) is 19.5 Å². The van der Waals surface area contributed by atoms with Crippen LogP contribution in [0.5, 0.6) is 0 Å². The Morgan fingerprint density at radius 2 is 1.04 bits per heavy atom. The van der Waals surface area contributed by atoms with Gasteiger partial charge in [-0.25, -0.2) is 9.59 Å². The predicted molar refractivity (Wildman–Crippen MR) is 70.4 cm³/mol. The average molecular weight is 432 g/mol. The summed E-state index contributed by atoms with van der Waals surface area (Å²) in [7, 11) is 0. The van der Waals surface area contributed by atoms with Crippen LogP contribution in [0.2, 0.25) is 0 Å². The summed E-state index contributed by atoms with van der Waals surface area (Å²) < 4.78 is 4.33. The second kappa shape index (κ2) is 9.77. The third kappa shape index (κ3) is 7.53. The van der Waals surface area contributed by atoms with Crippen LogP contribution in [0.15, 0.2) is 0 Å². The molecule has 0 aromatic heterocycles. The number of ether oxygens (including phenoxy) is 1. The first-order valence-electron chi connectivity index (χ1n) is 6.30. The zero-order valence-electron chi connectivity index (χ0n) is 13.1. The Labute approximate surface area is 156 Å². The van der Waals surface area contributed by atoms with E-state index in [1.165, 1.54) is 0 Å². The molecule has 0 fully saturated rings. The van der Waals surface area contributed by atoms with Gasteiger partial charge in [0.2, 0.25) is 5.60 Å². The van der Waals surface area contributed by atoms with Crippen LogP contribution in [0.4, 0.5) is 0 Å². The Balaban J connectivity index is 0. The van der Waals surface area contributed by atoms with E-state index in [0.29, 0.717) is 0 Å². The second-order valence-electron chi connectivity index (χ2n) is 5.00. The first kappa shape index (κ1) is 25.6. The maximum Gasteiger partial charge on any atom is 0.349 e. The van der Waals surface area contributed by atoms with Crippen LogP contribution in [-0.2, 0) is 53.0 Å². The molecule has 1 atom stereocenters. The Hall–Kier alpha value is -2.60. The van der Waals surface area contributed by atoms with Gasteiger partial charge in [-0.2, -0.15) is 0 Å². The SMILES string of the molecule is O=C(O)CC(O)(CC(=O)OC(CC(=O)O)(CC(=O)O)C(=O)O)C(=O)O.[Zn]. The van der Waals surface area contributed by atoms with Crippen molar-refractivity contribution in [1.82, 2.24) is 0 Å². The molecule has 0 saturated carbocycles. The van der Waals surface area contributed by atoms with Crippen LogP contribution in [0.1, 0.15) is 25.7 Å². The third-order valence-corrected chi connectivity index (χ3v) is 2.85. The van der Waals surface area contributed by atoms with E-state index in [1.807, 2.05) is 0 Å². The minimum atomic E-state index is -3.17. The fraction of sp³-hybridized carbons (Fsp3) is 0.500. The van der Waals surface area contributed by atoms with Gasteiger partial charge in [0.1, 0.15) is 0 Å². The molecule has 0 radical (unpaired) electrons. The van der Waals surface area contributed by atoms with Crippen LogP contribution < -0.4 is 0 Å². The van der Waals surface area contributed by atoms with Crippen LogP contribution in [0.25, 0.3) is 0 Å². The average Bonchev–Trinajstić information content (AvgIpc) is 2.34. The van der Waals surface area contributed by atoms with Crippen molar-refractivity contribution in [2.45, 2.75) is 36.9 Å². The third-order valence-electron chi connectivity index (χ3n) is 2.85. The van der Waals surface area contributed by atoms with Gasteiger partial charge in [-0.15, -0.1) is 0 Å². The number of carboxylic acids is 5. The summed E-state index contributed by atoms with van der Waals surface area (Å²) in [6, 6.07) is 0. The fourth-order valence-electron chi connectivity index (χ4n) is 1.77. The standard InChI is InChI=1S/C12H14O13.Zn/c13-5(14)1-11(24,9(20)21)4-8(19)25-12(10(22)23,2-6(15)16)3-7(17)18;/h24H,1-4H2,(H,13,14)(H,15,16)(H,17,18)(H,20,21)(H,22,23);. The van der Waals surface area contributed by atoms with E-state index in [9.17, 15) is 33.9 Å². The molecule has 142 valence electrons. The van der Waals surface area contributed by atoms with Crippen molar-refractivity contribution in [2.24, 2.45) is 0 Å². The second-order valence-corrected chi connectivity index (χ2v) is 5.00. The topological polar surface area (TPSA) is 233 Å². The first-order valence-corrected chi connectivity index (χ1v) is 6.30. The number of carbonyl (C=O) groups excluding carboxylic acids is 1. The monoisotopic (exact) mass is 430 g/mol. The van der Waals surface area contributed by atoms with E-state index < -0.39 is 72.7 Å². The van der Waals surface area contributed by atoms with Gasteiger partial charge in [-0.05, 0) is 0 Å². The number of aliphatic hydroxyl groups is 1. The van der Waals surface area contributed by atoms with Crippen molar-refractivity contribution in [3.05, 3.63) is 0 Å². The van der Waals surface area contributed by atoms with E-state index in [1.54, 1.807) is 0 Å². The normalized spacial score (nSPS) is 12.8. The van der Waals surface area contributed by atoms with Crippen LogP contribution in [-0.4, -0.2) is 77.7 Å². The molecule has 0 spiro atoms. The molecule has 0 aromatic rings. The number of esters is 1. The van der Waals surface area contributed by atoms with Gasteiger partial charge in [0.15, 0.2) is 5.60 Å². The number of aliphatic carboxylic acids is 5. The van der Waals surface area contributed by atoms with Crippen LogP contribution >= 0.6 is 0 Å². The molecule has 0 aliphatic rings. The van der Waals surface area contributed by atoms with Gasteiger partial charge in [-0.3, -0.25) is 19.2 Å². The molecular formula is C12H14O13Zn. The fourth-order valence-corrected chi connectivity index (χ4v) is 1.77. The van der Waals surface area contributed by atoms with E-state index in [2.05, 4.69) is 4.74 Å². The van der Waals surface area contributed by atoms with E-state index in [-0.39, 0.29) is 19.5 Å². The Morgan fingerprint density at radius 1 is 0.654 bits per heavy atom. The van der Waals surface area contributed by atoms with Gasteiger partial charge in [0.05, 0.1) is 25.7 Å². The van der Waals surface area contributed by atoms with Gasteiger partial charge >= 0.3 is 35.8 Å². The smallest absolute Gasteiger partial charge is 0.349 e. The summed E-state index contributed by atoms with van der Waals surface area (Å²) in [5.41, 5.74) is -6.24. The molecule has 6 N–H and O–H groups in total. The Kier molecular flexibility index (Phi) is 9.64. The molecule has 0 rings (SSSR count). The zero-order chi connectivity index (χ0) is 20.0. The largest absolute Gasteiger partial charge is 0.481 e. The molecule has 0 aromatic carbocycles. The number of rotatable bonds is 11. The van der Waals surface area contributed by atoms with Gasteiger partial charge < -0.3 is 35.4 Å². The van der Waals surface area contributed by atoms with Crippen molar-refractivity contribution in [3.8, 4) is 0 Å². The van der Waals surface area contributed by atoms with Crippen molar-refractivity contribution in [1.29, 1.82) is 0 Å². The molecule has 0 heterocycles. The van der Waals surface area contributed by atoms with Crippen LogP contribution in [0, 0.1) is 0 Å². The first-order chi connectivity index (χ1) is 11.2. The van der Waals surface area contributed by atoms with E-state index in [0.717, 1.165) is 0 Å². The molecule has 0 bridgehead atoms. The zero-order valence-corrected chi connectivity index (χ0v) is 16.0. The molecule has 0 aliphatic carbocycles. The van der Waals surface area contributed by atoms with Crippen LogP contribution in [0.3, 0.4) is 0 Å². The van der Waals surface area contributed by atoms with Gasteiger partial charge in [0.25, 0.3) is 0 Å². The summed E-state index contributed by atoms with van der Waals surface area (Å²) in [6.45, 7) is 0. The summed E-state index contributed by atoms with van der Waals surface area (Å²) in [5.74, 6) is -11.6. The van der Waals surface area contributed by atoms with Crippen molar-refractivity contribution >= 4 is 35.8 Å². The maximum absolute atomic E-state index is 11.7. The molecule has 13 nitrogen and oxygen atoms in total. The molecular weight excluding hydrogens is 418 g/mol. The summed E-state index contributed by atoms with van der Waals surface area (Å²) in [4.78, 5) is 66.0. The molecule has 0 aliphatic heterocycles. The number of carbonyl (C=O) groups is 6. The van der Waals surface area contributed by atoms with Crippen molar-refractivity contribution in [3.63, 3.8) is 0 Å². The van der Waals surface area contributed by atoms with E-state index in [4.69, 9.17) is 25.5 Å². The molecule has 0 amide bonds. The summed E-state index contributed by atoms with van der Waals surface area (Å²) in [6.07, 6.45) is -5.94. The van der Waals surface area contributed by atoms with Crippen molar-refractivity contribution < 1.29 is 83.6 Å². The molecule has 14 heteroatoms. The maximum atomic E-state index is 11.7. The van der Waals surface area contributed by atoms with Gasteiger partial charge in [-0.1, -0.05) is 0 Å². The summed E-state index contributed by atoms with van der Waals surface area (Å²) in [5, 5.41) is 53.5. The van der Waals surface area contributed by atoms with E-state index >= 15 is 0 Å². The summed E-state index contributed by atoms with van der Waals surface area (Å²) >= 11 is 0. The minimum Gasteiger partial charge on any atom is -0.481 e. The number of hydrogen-bond acceptors (Lipinski definition) is 8. The Morgan fingerprint density at radius 3 is 1.31 bits per heavy atom. The molecule has 0 saturated heterocycles. The van der Waals surface area contributed by atoms with Crippen molar-refractivity contribution in [2.75, 3.05) is 0 Å². The quantitative estimate of drug-likeness (QED) is 0.153. The molecule has 1 unspecified atom stereocenters. The molecule has 26 heavy (non-hydrogen) atoms. The Bertz CT molecular complexity index is 596. The predicted octanol–water partition coefficient (Wildman–Crippen LogP) is -2.02. The number of hydrogen-bond donors (Lipinski definition) is 6. The minimum absolute atomic E-state index is 0.